The fraction of sp³-hybridized carbons (Fsp3) is 0.615. The quantitative estimate of drug-likeness (QED) is 0.0583. The Morgan fingerprint density at radius 2 is 1.33 bits per heavy atom. The van der Waals surface area contributed by atoms with Crippen LogP contribution in [-0.4, -0.2) is 136 Å². The summed E-state index contributed by atoms with van der Waals surface area (Å²) in [5.41, 5.74) is 0.868. The van der Waals surface area contributed by atoms with Crippen LogP contribution in [0.1, 0.15) is 147 Å². The van der Waals surface area contributed by atoms with Crippen molar-refractivity contribution in [3.63, 3.8) is 0 Å². The summed E-state index contributed by atoms with van der Waals surface area (Å²) in [7, 11) is 4.10. The van der Waals surface area contributed by atoms with Gasteiger partial charge in [0.1, 0.15) is 35.7 Å². The van der Waals surface area contributed by atoms with Crippen LogP contribution in [0, 0.1) is 5.92 Å². The van der Waals surface area contributed by atoms with E-state index in [-0.39, 0.29) is 53.4 Å². The third-order valence-electron chi connectivity index (χ3n) is 13.1. The number of phenols is 2. The highest BCUT2D eigenvalue weighted by Crippen LogP contribution is 2.39. The molecule has 0 saturated heterocycles. The van der Waals surface area contributed by atoms with E-state index in [1.165, 1.54) is 134 Å². The molecule has 2 aromatic carbocycles. The molecular weight excluding hydrogens is 901 g/mol. The van der Waals surface area contributed by atoms with E-state index in [1.54, 1.807) is 0 Å². The number of nitrogens with zero attached hydrogens (tertiary/aromatic N) is 2. The number of ketones is 2. The van der Waals surface area contributed by atoms with Gasteiger partial charge in [0.25, 0.3) is 0 Å². The fourth-order valence-corrected chi connectivity index (χ4v) is 8.52. The van der Waals surface area contributed by atoms with Crippen LogP contribution in [0.25, 0.3) is 11.1 Å². The first-order chi connectivity index (χ1) is 33.3. The number of carbonyl (C=O) groups excluding carboxylic acids is 8. The van der Waals surface area contributed by atoms with Crippen LogP contribution >= 0.6 is 0 Å². The lowest BCUT2D eigenvalue weighted by Gasteiger charge is -2.30. The number of rotatable bonds is 27. The predicted octanol–water partition coefficient (Wildman–Crippen LogP) is 4.28. The van der Waals surface area contributed by atoms with E-state index in [1.807, 2.05) is 0 Å². The molecule has 0 saturated carbocycles. The number of nitrogens with one attached hydrogen (secondary N) is 4. The number of aliphatic hydroxyl groups excluding tert-OH is 2. The van der Waals surface area contributed by atoms with Crippen LogP contribution in [0.2, 0.25) is 0 Å². The molecule has 0 radical (unpaired) electrons. The minimum absolute atomic E-state index is 0.0900. The molecule has 18 nitrogen and oxygen atoms in total. The smallest absolute Gasteiger partial charge is 0.250 e. The second kappa shape index (κ2) is 30.0. The Balaban J connectivity index is 1.66. The Morgan fingerprint density at radius 3 is 1.91 bits per heavy atom. The van der Waals surface area contributed by atoms with Gasteiger partial charge >= 0.3 is 0 Å². The van der Waals surface area contributed by atoms with E-state index in [2.05, 4.69) is 28.2 Å². The van der Waals surface area contributed by atoms with Gasteiger partial charge in [-0.15, -0.1) is 0 Å². The number of carbonyl (C=O) groups is 8. The number of amides is 6. The van der Waals surface area contributed by atoms with Gasteiger partial charge in [-0.2, -0.15) is 0 Å². The molecule has 1 aliphatic heterocycles. The fourth-order valence-electron chi connectivity index (χ4n) is 8.52. The number of benzene rings is 2. The lowest BCUT2D eigenvalue weighted by molar-refractivity contribution is -0.142. The summed E-state index contributed by atoms with van der Waals surface area (Å²) < 4.78 is 0. The number of fused-ring (bicyclic) bond motifs is 5. The van der Waals surface area contributed by atoms with Crippen molar-refractivity contribution in [3.05, 3.63) is 47.5 Å². The van der Waals surface area contributed by atoms with Gasteiger partial charge in [-0.3, -0.25) is 38.4 Å². The van der Waals surface area contributed by atoms with E-state index in [0.717, 1.165) is 24.2 Å². The maximum absolute atomic E-state index is 14.2. The number of phenolic OH excluding ortho intramolecular Hbond substituents is 2. The van der Waals surface area contributed by atoms with Gasteiger partial charge in [0, 0.05) is 70.3 Å². The van der Waals surface area contributed by atoms with Crippen molar-refractivity contribution in [2.75, 3.05) is 34.3 Å². The molecular formula is C52H78N6O12. The van der Waals surface area contributed by atoms with Crippen LogP contribution in [0.5, 0.6) is 11.5 Å². The van der Waals surface area contributed by atoms with Crippen molar-refractivity contribution in [1.29, 1.82) is 0 Å². The number of aromatic hydroxyl groups is 2. The molecule has 18 heteroatoms. The minimum atomic E-state index is -1.58. The molecule has 0 aromatic heterocycles. The lowest BCUT2D eigenvalue weighted by atomic mass is 9.89. The average Bonchev–Trinajstić information content (AvgIpc) is 3.33. The van der Waals surface area contributed by atoms with E-state index < -0.39 is 103 Å². The summed E-state index contributed by atoms with van der Waals surface area (Å²) in [4.78, 5) is 109. The van der Waals surface area contributed by atoms with Crippen LogP contribution < -0.4 is 21.3 Å². The number of Topliss-reactive ketones (excluding diaryl/α,β-unsaturated/α-hetero) is 2. The van der Waals surface area contributed by atoms with Crippen molar-refractivity contribution in [1.82, 2.24) is 31.1 Å². The molecule has 1 aliphatic rings. The zero-order valence-corrected chi connectivity index (χ0v) is 42.0. The Morgan fingerprint density at radius 1 is 0.757 bits per heavy atom. The summed E-state index contributed by atoms with van der Waals surface area (Å²) in [6.45, 7) is 3.98. The molecule has 6 amide bonds. The van der Waals surface area contributed by atoms with Crippen LogP contribution in [0.3, 0.4) is 0 Å². The van der Waals surface area contributed by atoms with Gasteiger partial charge < -0.3 is 51.5 Å². The largest absolute Gasteiger partial charge is 0.507 e. The standard InChI is InChI=1S/C52H78N6O12/c1-7-8-9-10-11-12-13-14-15-16-17-18-19-20-46(65)57(5)40(32-59)51(69)55-34(3)41(60)25-26-47(66)58(6)48-36-22-24-43(62)38(30-36)37-28-35(21-23-42(37)61)29-39(56-49(67)33(2)27-44(48)63)50(68)54-31-45(64)52(70)53-4/h21-24,28,30,33-34,39-40,45,48,59,61-62,64H,7-20,25-27,29,31-32H2,1-6H3,(H,53,70)(H,54,68)(H,55,69)(H,56,67)/t33-,34-,39+,40-,45?,48+/m1/s1. The first-order valence-corrected chi connectivity index (χ1v) is 25.0. The maximum Gasteiger partial charge on any atom is 0.250 e. The Kier molecular flexibility index (Phi) is 25.0. The first kappa shape index (κ1) is 58.4. The number of hydrogen-bond acceptors (Lipinski definition) is 12. The molecule has 1 heterocycles. The molecule has 70 heavy (non-hydrogen) atoms. The number of unbranched alkanes of at least 4 members (excludes halogenated alkanes) is 12. The summed E-state index contributed by atoms with van der Waals surface area (Å²) in [5.74, 6) is -6.58. The molecule has 0 aliphatic carbocycles. The Bertz CT molecular complexity index is 2100. The van der Waals surface area contributed by atoms with Crippen molar-refractivity contribution < 1.29 is 58.8 Å². The minimum Gasteiger partial charge on any atom is -0.507 e. The normalized spacial score (nSPS) is 17.2. The average molecular weight is 979 g/mol. The summed E-state index contributed by atoms with van der Waals surface area (Å²) in [6.07, 6.45) is 12.4. The number of likely N-dealkylation sites (N-methyl/N-ethyl adjacent to an activating group) is 3. The van der Waals surface area contributed by atoms with Gasteiger partial charge in [0.2, 0.25) is 35.4 Å². The molecule has 388 valence electrons. The van der Waals surface area contributed by atoms with Gasteiger partial charge in [0.05, 0.1) is 19.2 Å². The van der Waals surface area contributed by atoms with E-state index in [9.17, 15) is 58.8 Å². The number of aliphatic hydroxyl groups is 2. The SMILES string of the molecule is CCCCCCCCCCCCCCCC(=O)N(C)[C@H](CO)C(=O)N[C@H](C)C(=O)CCC(=O)N(C)[C@@H]1C(=O)C[C@@H](C)C(=O)N[C@H](C(=O)NCC(O)C(=O)NC)Cc2ccc(O)c(c2)-c2cc1ccc2O. The topological polar surface area (TPSA) is 272 Å². The predicted molar refractivity (Wildman–Crippen MR) is 264 cm³/mol. The first-order valence-electron chi connectivity index (χ1n) is 25.0. The molecule has 2 aromatic rings. The molecule has 3 rings (SSSR count). The monoisotopic (exact) mass is 979 g/mol. The van der Waals surface area contributed by atoms with Crippen LogP contribution in [-0.2, 0) is 44.8 Å². The zero-order chi connectivity index (χ0) is 51.9. The van der Waals surface area contributed by atoms with Gasteiger partial charge in [0.15, 0.2) is 11.6 Å². The highest BCUT2D eigenvalue weighted by molar-refractivity contribution is 5.97. The summed E-state index contributed by atoms with van der Waals surface area (Å²) in [6, 6.07) is 3.53. The van der Waals surface area contributed by atoms with Gasteiger partial charge in [-0.05, 0) is 48.7 Å². The molecule has 4 bridgehead atoms. The molecule has 0 spiro atoms. The Hall–Kier alpha value is -5.88. The van der Waals surface area contributed by atoms with Crippen molar-refractivity contribution >= 4 is 47.0 Å². The van der Waals surface area contributed by atoms with E-state index in [4.69, 9.17) is 0 Å². The maximum atomic E-state index is 14.2. The van der Waals surface area contributed by atoms with Crippen molar-refractivity contribution in [3.8, 4) is 22.6 Å². The lowest BCUT2D eigenvalue weighted by Crippen LogP contribution is -2.53. The number of hydrogen-bond donors (Lipinski definition) is 8. The van der Waals surface area contributed by atoms with Crippen LogP contribution in [0.15, 0.2) is 36.4 Å². The van der Waals surface area contributed by atoms with Crippen LogP contribution in [0.4, 0.5) is 0 Å². The highest BCUT2D eigenvalue weighted by atomic mass is 16.3. The zero-order valence-electron chi connectivity index (χ0n) is 42.0. The molecule has 8 N–H and O–H groups in total. The molecule has 0 fully saturated rings. The molecule has 6 atom stereocenters. The van der Waals surface area contributed by atoms with Crippen molar-refractivity contribution in [2.24, 2.45) is 5.92 Å². The van der Waals surface area contributed by atoms with E-state index in [0.29, 0.717) is 12.0 Å². The van der Waals surface area contributed by atoms with Gasteiger partial charge in [-0.25, -0.2) is 0 Å². The molecule has 1 unspecified atom stereocenters. The summed E-state index contributed by atoms with van der Waals surface area (Å²) >= 11 is 0. The third kappa shape index (κ3) is 18.1. The second-order valence-electron chi connectivity index (χ2n) is 18.6. The third-order valence-corrected chi connectivity index (χ3v) is 13.1. The summed E-state index contributed by atoms with van der Waals surface area (Å²) in [5, 5.41) is 52.1. The van der Waals surface area contributed by atoms with Crippen molar-refractivity contribution in [2.45, 2.75) is 167 Å². The second-order valence-corrected chi connectivity index (χ2v) is 18.6. The van der Waals surface area contributed by atoms with E-state index >= 15 is 0 Å². The highest BCUT2D eigenvalue weighted by Gasteiger charge is 2.34. The Labute approximate surface area is 412 Å². The van der Waals surface area contributed by atoms with Gasteiger partial charge in [-0.1, -0.05) is 103 Å².